The van der Waals surface area contributed by atoms with E-state index < -0.39 is 5.82 Å². The number of halogens is 1. The van der Waals surface area contributed by atoms with Crippen molar-refractivity contribution in [1.82, 2.24) is 0 Å². The predicted octanol–water partition coefficient (Wildman–Crippen LogP) is 3.66. The average Bonchev–Trinajstić information content (AvgIpc) is 2.38. The summed E-state index contributed by atoms with van der Waals surface area (Å²) in [7, 11) is 0. The van der Waals surface area contributed by atoms with E-state index in [1.807, 2.05) is 0 Å². The van der Waals surface area contributed by atoms with Crippen molar-refractivity contribution in [2.24, 2.45) is 5.92 Å². The second-order valence-corrected chi connectivity index (χ2v) is 4.57. The number of nitriles is 1. The van der Waals surface area contributed by atoms with E-state index in [1.165, 1.54) is 44.2 Å². The maximum atomic E-state index is 13.3. The first-order valence-corrected chi connectivity index (χ1v) is 6.12. The van der Waals surface area contributed by atoms with Gasteiger partial charge in [0, 0.05) is 6.07 Å². The van der Waals surface area contributed by atoms with Gasteiger partial charge in [-0.3, -0.25) is 0 Å². The summed E-state index contributed by atoms with van der Waals surface area (Å²) in [4.78, 5) is 0. The molecule has 1 aromatic rings. The first-order valence-electron chi connectivity index (χ1n) is 6.12. The Labute approximate surface area is 101 Å². The van der Waals surface area contributed by atoms with Crippen molar-refractivity contribution >= 4 is 0 Å². The lowest BCUT2D eigenvalue weighted by Crippen LogP contribution is -2.15. The Morgan fingerprint density at radius 1 is 1.29 bits per heavy atom. The summed E-state index contributed by atoms with van der Waals surface area (Å²) in [5.74, 6) is 0.614. The van der Waals surface area contributed by atoms with Crippen LogP contribution in [0.1, 0.15) is 37.7 Å². The molecule has 0 heterocycles. The molecule has 1 fully saturated rings. The van der Waals surface area contributed by atoms with E-state index >= 15 is 0 Å². The molecule has 2 nitrogen and oxygen atoms in total. The number of rotatable bonds is 3. The summed E-state index contributed by atoms with van der Waals surface area (Å²) >= 11 is 0. The molecule has 0 spiro atoms. The summed E-state index contributed by atoms with van der Waals surface area (Å²) in [5.41, 5.74) is 0.0648. The summed E-state index contributed by atoms with van der Waals surface area (Å²) in [5, 5.41) is 8.61. The third-order valence-electron chi connectivity index (χ3n) is 3.27. The van der Waals surface area contributed by atoms with Crippen LogP contribution in [0.5, 0.6) is 5.75 Å². The molecular formula is C14H16FNO. The number of hydrogen-bond acceptors (Lipinski definition) is 2. The van der Waals surface area contributed by atoms with Crippen molar-refractivity contribution < 1.29 is 9.13 Å². The van der Waals surface area contributed by atoms with Gasteiger partial charge in [0.15, 0.2) is 0 Å². The molecular weight excluding hydrogens is 217 g/mol. The molecule has 0 bridgehead atoms. The van der Waals surface area contributed by atoms with E-state index in [4.69, 9.17) is 10.00 Å². The van der Waals surface area contributed by atoms with Crippen molar-refractivity contribution in [3.8, 4) is 11.8 Å². The molecule has 0 atom stereocenters. The molecule has 1 saturated carbocycles. The van der Waals surface area contributed by atoms with Crippen LogP contribution in [-0.4, -0.2) is 6.61 Å². The Balaban J connectivity index is 1.90. The molecule has 1 aromatic carbocycles. The molecule has 90 valence electrons. The van der Waals surface area contributed by atoms with Crippen LogP contribution in [0.4, 0.5) is 4.39 Å². The van der Waals surface area contributed by atoms with Crippen LogP contribution in [0.15, 0.2) is 18.2 Å². The summed E-state index contributed by atoms with van der Waals surface area (Å²) in [6.07, 6.45) is 6.28. The standard InChI is InChI=1S/C14H16FNO/c15-14-8-13(7-6-12(14)9-16)17-10-11-4-2-1-3-5-11/h6-8,11H,1-5,10H2. The van der Waals surface area contributed by atoms with E-state index in [1.54, 1.807) is 12.1 Å². The van der Waals surface area contributed by atoms with Gasteiger partial charge >= 0.3 is 0 Å². The van der Waals surface area contributed by atoms with Gasteiger partial charge in [0.1, 0.15) is 17.6 Å². The van der Waals surface area contributed by atoms with Crippen LogP contribution < -0.4 is 4.74 Å². The molecule has 2 rings (SSSR count). The third-order valence-corrected chi connectivity index (χ3v) is 3.27. The smallest absolute Gasteiger partial charge is 0.144 e. The zero-order valence-corrected chi connectivity index (χ0v) is 9.79. The fourth-order valence-electron chi connectivity index (χ4n) is 2.24. The summed E-state index contributed by atoms with van der Waals surface area (Å²) < 4.78 is 18.9. The summed E-state index contributed by atoms with van der Waals surface area (Å²) in [6, 6.07) is 6.21. The highest BCUT2D eigenvalue weighted by atomic mass is 19.1. The van der Waals surface area contributed by atoms with Gasteiger partial charge in [-0.05, 0) is 30.9 Å². The Kier molecular flexibility index (Phi) is 3.98. The highest BCUT2D eigenvalue weighted by Crippen LogP contribution is 2.25. The lowest BCUT2D eigenvalue weighted by Gasteiger charge is -2.21. The lowest BCUT2D eigenvalue weighted by molar-refractivity contribution is 0.208. The third kappa shape index (κ3) is 3.20. The lowest BCUT2D eigenvalue weighted by atomic mass is 9.90. The first kappa shape index (κ1) is 11.9. The minimum absolute atomic E-state index is 0.0648. The zero-order valence-electron chi connectivity index (χ0n) is 9.79. The van der Waals surface area contributed by atoms with Crippen LogP contribution in [-0.2, 0) is 0 Å². The Morgan fingerprint density at radius 2 is 2.06 bits per heavy atom. The first-order chi connectivity index (χ1) is 8.29. The van der Waals surface area contributed by atoms with E-state index in [0.29, 0.717) is 18.3 Å². The Morgan fingerprint density at radius 3 is 2.71 bits per heavy atom. The minimum atomic E-state index is -0.506. The second-order valence-electron chi connectivity index (χ2n) is 4.57. The number of ether oxygens (including phenoxy) is 1. The molecule has 17 heavy (non-hydrogen) atoms. The van der Waals surface area contributed by atoms with E-state index in [9.17, 15) is 4.39 Å². The van der Waals surface area contributed by atoms with E-state index in [-0.39, 0.29) is 5.56 Å². The van der Waals surface area contributed by atoms with Crippen molar-refractivity contribution in [2.75, 3.05) is 6.61 Å². The molecule has 0 unspecified atom stereocenters. The predicted molar refractivity (Wildman–Crippen MR) is 63.2 cm³/mol. The van der Waals surface area contributed by atoms with Gasteiger partial charge in [-0.15, -0.1) is 0 Å². The van der Waals surface area contributed by atoms with Crippen molar-refractivity contribution in [3.05, 3.63) is 29.6 Å². The van der Waals surface area contributed by atoms with Gasteiger partial charge in [-0.1, -0.05) is 19.3 Å². The SMILES string of the molecule is N#Cc1ccc(OCC2CCCCC2)cc1F. The van der Waals surface area contributed by atoms with Gasteiger partial charge in [-0.25, -0.2) is 4.39 Å². The van der Waals surface area contributed by atoms with Crippen molar-refractivity contribution in [1.29, 1.82) is 5.26 Å². The zero-order chi connectivity index (χ0) is 12.1. The van der Waals surface area contributed by atoms with Crippen LogP contribution in [0.25, 0.3) is 0 Å². The topological polar surface area (TPSA) is 33.0 Å². The van der Waals surface area contributed by atoms with Crippen molar-refractivity contribution in [3.63, 3.8) is 0 Å². The molecule has 0 radical (unpaired) electrons. The minimum Gasteiger partial charge on any atom is -0.493 e. The Hall–Kier alpha value is -1.56. The second kappa shape index (κ2) is 5.67. The molecule has 0 aromatic heterocycles. The molecule has 1 aliphatic carbocycles. The molecule has 0 N–H and O–H groups in total. The molecule has 0 aliphatic heterocycles. The van der Waals surface area contributed by atoms with E-state index in [2.05, 4.69) is 0 Å². The number of benzene rings is 1. The number of hydrogen-bond donors (Lipinski definition) is 0. The average molecular weight is 233 g/mol. The molecule has 0 saturated heterocycles. The monoisotopic (exact) mass is 233 g/mol. The van der Waals surface area contributed by atoms with Gasteiger partial charge in [0.2, 0.25) is 0 Å². The largest absolute Gasteiger partial charge is 0.493 e. The van der Waals surface area contributed by atoms with E-state index in [0.717, 1.165) is 0 Å². The fraction of sp³-hybridized carbons (Fsp3) is 0.500. The van der Waals surface area contributed by atoms with Crippen LogP contribution in [0.2, 0.25) is 0 Å². The fourth-order valence-corrected chi connectivity index (χ4v) is 2.24. The normalized spacial score (nSPS) is 16.5. The van der Waals surface area contributed by atoms with Gasteiger partial charge in [0.25, 0.3) is 0 Å². The quantitative estimate of drug-likeness (QED) is 0.798. The maximum Gasteiger partial charge on any atom is 0.144 e. The summed E-state index contributed by atoms with van der Waals surface area (Å²) in [6.45, 7) is 0.658. The van der Waals surface area contributed by atoms with Gasteiger partial charge in [0.05, 0.1) is 12.2 Å². The van der Waals surface area contributed by atoms with Crippen LogP contribution in [0, 0.1) is 23.1 Å². The highest BCUT2D eigenvalue weighted by Gasteiger charge is 2.14. The van der Waals surface area contributed by atoms with Gasteiger partial charge in [-0.2, -0.15) is 5.26 Å². The molecule has 0 amide bonds. The van der Waals surface area contributed by atoms with Gasteiger partial charge < -0.3 is 4.74 Å². The van der Waals surface area contributed by atoms with Crippen LogP contribution >= 0.6 is 0 Å². The Bertz CT molecular complexity index is 419. The highest BCUT2D eigenvalue weighted by molar-refractivity contribution is 5.36. The molecule has 1 aliphatic rings. The van der Waals surface area contributed by atoms with Crippen molar-refractivity contribution in [2.45, 2.75) is 32.1 Å². The number of nitrogens with zero attached hydrogens (tertiary/aromatic N) is 1. The van der Waals surface area contributed by atoms with Crippen LogP contribution in [0.3, 0.4) is 0 Å². The molecule has 3 heteroatoms. The maximum absolute atomic E-state index is 13.3.